The molecule has 1 aromatic heterocycles. The summed E-state index contributed by atoms with van der Waals surface area (Å²) in [5.74, 6) is 0.955. The molecule has 0 aliphatic carbocycles. The monoisotopic (exact) mass is 520 g/mol. The summed E-state index contributed by atoms with van der Waals surface area (Å²) in [6.45, 7) is 0. The Bertz CT molecular complexity index is 2400. The maximum absolute atomic E-state index is 5.02. The van der Waals surface area contributed by atoms with Crippen molar-refractivity contribution in [1.82, 2.24) is 9.55 Å². The lowest BCUT2D eigenvalue weighted by molar-refractivity contribution is 1.11. The van der Waals surface area contributed by atoms with Gasteiger partial charge in [0, 0.05) is 11.3 Å². The third-order valence-electron chi connectivity index (χ3n) is 8.51. The average Bonchev–Trinajstić information content (AvgIpc) is 3.43. The molecular weight excluding hydrogens is 496 g/mol. The van der Waals surface area contributed by atoms with Crippen molar-refractivity contribution in [1.29, 1.82) is 0 Å². The fraction of sp³-hybridized carbons (Fsp3) is 0. The molecule has 0 aliphatic rings. The molecule has 1 heterocycles. The largest absolute Gasteiger partial charge is 0.292 e. The third kappa shape index (κ3) is 3.34. The van der Waals surface area contributed by atoms with Gasteiger partial charge in [0.05, 0.1) is 11.0 Å². The molecule has 9 aromatic rings. The van der Waals surface area contributed by atoms with Crippen LogP contribution in [0.15, 0.2) is 146 Å². The Morgan fingerprint density at radius 2 is 1.12 bits per heavy atom. The summed E-state index contributed by atoms with van der Waals surface area (Å²) in [4.78, 5) is 5.02. The van der Waals surface area contributed by atoms with Gasteiger partial charge in [0.15, 0.2) is 0 Å². The summed E-state index contributed by atoms with van der Waals surface area (Å²) in [5.41, 5.74) is 6.83. The maximum atomic E-state index is 5.02. The number of imidazole rings is 1. The Morgan fingerprint density at radius 1 is 0.439 bits per heavy atom. The fourth-order valence-electron chi connectivity index (χ4n) is 6.60. The second kappa shape index (κ2) is 8.51. The SMILES string of the molecule is c1ccc(-c2nc3ccccc3n2-c2ccc3cc(-c4ccc5ccc6cccc7ccc4c5c67)ccc3c2)cc1. The number of hydrogen-bond donors (Lipinski definition) is 0. The van der Waals surface area contributed by atoms with Gasteiger partial charge in [-0.3, -0.25) is 4.57 Å². The van der Waals surface area contributed by atoms with E-state index in [4.69, 9.17) is 4.98 Å². The molecule has 8 aromatic carbocycles. The number of nitrogens with zero attached hydrogens (tertiary/aromatic N) is 2. The number of rotatable bonds is 3. The summed E-state index contributed by atoms with van der Waals surface area (Å²) in [6.07, 6.45) is 0. The topological polar surface area (TPSA) is 17.8 Å². The van der Waals surface area contributed by atoms with Crippen LogP contribution in [0.1, 0.15) is 0 Å². The Balaban J connectivity index is 1.21. The molecule has 0 saturated carbocycles. The fourth-order valence-corrected chi connectivity index (χ4v) is 6.60. The lowest BCUT2D eigenvalue weighted by Gasteiger charge is -2.15. The van der Waals surface area contributed by atoms with Crippen LogP contribution in [-0.4, -0.2) is 9.55 Å². The molecule has 0 spiro atoms. The highest BCUT2D eigenvalue weighted by molar-refractivity contribution is 6.25. The van der Waals surface area contributed by atoms with Crippen molar-refractivity contribution < 1.29 is 0 Å². The first kappa shape index (κ1) is 22.4. The summed E-state index contributed by atoms with van der Waals surface area (Å²) >= 11 is 0. The molecule has 0 aliphatic heterocycles. The van der Waals surface area contributed by atoms with Gasteiger partial charge in [-0.2, -0.15) is 0 Å². The first-order valence-electron chi connectivity index (χ1n) is 14.1. The van der Waals surface area contributed by atoms with Gasteiger partial charge in [-0.05, 0) is 84.5 Å². The van der Waals surface area contributed by atoms with E-state index in [9.17, 15) is 0 Å². The van der Waals surface area contributed by atoms with Crippen LogP contribution >= 0.6 is 0 Å². The van der Waals surface area contributed by atoms with Gasteiger partial charge >= 0.3 is 0 Å². The normalized spacial score (nSPS) is 11.9. The lowest BCUT2D eigenvalue weighted by Crippen LogP contribution is -1.97. The zero-order valence-corrected chi connectivity index (χ0v) is 22.3. The van der Waals surface area contributed by atoms with Crippen molar-refractivity contribution in [2.24, 2.45) is 0 Å². The van der Waals surface area contributed by atoms with Crippen LogP contribution in [0.3, 0.4) is 0 Å². The molecule has 0 amide bonds. The molecular formula is C39H24N2. The molecule has 0 atom stereocenters. The van der Waals surface area contributed by atoms with Crippen LogP contribution in [0.5, 0.6) is 0 Å². The average molecular weight is 521 g/mol. The Labute approximate surface area is 237 Å². The summed E-state index contributed by atoms with van der Waals surface area (Å²) in [5, 5.41) is 10.3. The Kier molecular flexibility index (Phi) is 4.64. The van der Waals surface area contributed by atoms with E-state index in [1.54, 1.807) is 0 Å². The highest BCUT2D eigenvalue weighted by Gasteiger charge is 2.15. The van der Waals surface area contributed by atoms with E-state index >= 15 is 0 Å². The third-order valence-corrected chi connectivity index (χ3v) is 8.51. The van der Waals surface area contributed by atoms with Gasteiger partial charge < -0.3 is 0 Å². The van der Waals surface area contributed by atoms with Gasteiger partial charge in [0.2, 0.25) is 0 Å². The molecule has 0 saturated heterocycles. The second-order valence-corrected chi connectivity index (χ2v) is 10.8. The molecule has 9 rings (SSSR count). The summed E-state index contributed by atoms with van der Waals surface area (Å²) in [6, 6.07) is 52.6. The Hall–Kier alpha value is -5.47. The molecule has 0 unspecified atom stereocenters. The number of hydrogen-bond acceptors (Lipinski definition) is 1. The first-order chi connectivity index (χ1) is 20.3. The summed E-state index contributed by atoms with van der Waals surface area (Å²) in [7, 11) is 0. The van der Waals surface area contributed by atoms with Gasteiger partial charge in [-0.1, -0.05) is 115 Å². The van der Waals surface area contributed by atoms with E-state index in [-0.39, 0.29) is 0 Å². The predicted octanol–water partition coefficient (Wildman–Crippen LogP) is 10.4. The van der Waals surface area contributed by atoms with E-state index in [2.05, 4.69) is 144 Å². The molecule has 0 N–H and O–H groups in total. The molecule has 2 heteroatoms. The van der Waals surface area contributed by atoms with Gasteiger partial charge in [-0.25, -0.2) is 4.98 Å². The molecule has 190 valence electrons. The maximum Gasteiger partial charge on any atom is 0.145 e. The quantitative estimate of drug-likeness (QED) is 0.212. The highest BCUT2D eigenvalue weighted by Crippen LogP contribution is 2.40. The molecule has 0 fully saturated rings. The lowest BCUT2D eigenvalue weighted by atomic mass is 9.89. The van der Waals surface area contributed by atoms with Crippen molar-refractivity contribution in [3.05, 3.63) is 146 Å². The first-order valence-corrected chi connectivity index (χ1v) is 14.1. The van der Waals surface area contributed by atoms with E-state index < -0.39 is 0 Å². The Morgan fingerprint density at radius 3 is 2.00 bits per heavy atom. The van der Waals surface area contributed by atoms with Crippen LogP contribution in [-0.2, 0) is 0 Å². The van der Waals surface area contributed by atoms with Crippen molar-refractivity contribution in [2.45, 2.75) is 0 Å². The number of aromatic nitrogens is 2. The van der Waals surface area contributed by atoms with Crippen molar-refractivity contribution in [2.75, 3.05) is 0 Å². The molecule has 0 bridgehead atoms. The molecule has 41 heavy (non-hydrogen) atoms. The number of para-hydroxylation sites is 2. The van der Waals surface area contributed by atoms with Crippen molar-refractivity contribution in [3.63, 3.8) is 0 Å². The zero-order chi connectivity index (χ0) is 26.9. The van der Waals surface area contributed by atoms with E-state index in [1.165, 1.54) is 54.2 Å². The molecule has 0 radical (unpaired) electrons. The van der Waals surface area contributed by atoms with Gasteiger partial charge in [0.25, 0.3) is 0 Å². The van der Waals surface area contributed by atoms with E-state index in [1.807, 2.05) is 6.07 Å². The van der Waals surface area contributed by atoms with Crippen LogP contribution in [0.25, 0.3) is 82.3 Å². The van der Waals surface area contributed by atoms with Gasteiger partial charge in [0.1, 0.15) is 5.82 Å². The number of benzene rings is 8. The van der Waals surface area contributed by atoms with E-state index in [0.29, 0.717) is 0 Å². The zero-order valence-electron chi connectivity index (χ0n) is 22.3. The van der Waals surface area contributed by atoms with Crippen LogP contribution < -0.4 is 0 Å². The van der Waals surface area contributed by atoms with Crippen LogP contribution in [0.4, 0.5) is 0 Å². The summed E-state index contributed by atoms with van der Waals surface area (Å²) < 4.78 is 2.28. The standard InChI is InChI=1S/C39H24N2/c1-2-7-28(8-3-1)39-40-35-11-4-5-12-36(35)41(39)32-20-17-29-23-31(16-15-30(29)24-32)33-21-18-27-14-13-25-9-6-10-26-19-22-34(33)38(27)37(25)26/h1-24H. The number of fused-ring (bicyclic) bond motifs is 2. The van der Waals surface area contributed by atoms with Crippen molar-refractivity contribution in [3.8, 4) is 28.2 Å². The van der Waals surface area contributed by atoms with E-state index in [0.717, 1.165) is 28.1 Å². The van der Waals surface area contributed by atoms with Crippen molar-refractivity contribution >= 4 is 54.1 Å². The predicted molar refractivity (Wildman–Crippen MR) is 173 cm³/mol. The minimum atomic E-state index is 0.955. The van der Waals surface area contributed by atoms with Gasteiger partial charge in [-0.15, -0.1) is 0 Å². The highest BCUT2D eigenvalue weighted by atomic mass is 15.1. The molecule has 2 nitrogen and oxygen atoms in total. The minimum absolute atomic E-state index is 0.955. The van der Waals surface area contributed by atoms with Crippen LogP contribution in [0.2, 0.25) is 0 Å². The van der Waals surface area contributed by atoms with Crippen LogP contribution in [0, 0.1) is 0 Å². The smallest absolute Gasteiger partial charge is 0.145 e. The minimum Gasteiger partial charge on any atom is -0.292 e. The second-order valence-electron chi connectivity index (χ2n) is 10.8.